The van der Waals surface area contributed by atoms with Gasteiger partial charge in [-0.25, -0.2) is 0 Å². The Kier molecular flexibility index (Phi) is 5.60. The van der Waals surface area contributed by atoms with Gasteiger partial charge < -0.3 is 4.74 Å². The number of benzene rings is 1. The lowest BCUT2D eigenvalue weighted by Crippen LogP contribution is -2.23. The van der Waals surface area contributed by atoms with E-state index in [2.05, 4.69) is 46.1 Å². The maximum absolute atomic E-state index is 8.83. The van der Waals surface area contributed by atoms with Crippen molar-refractivity contribution in [2.75, 3.05) is 20.2 Å². The van der Waals surface area contributed by atoms with Gasteiger partial charge in [0.1, 0.15) is 12.4 Å². The minimum Gasteiger partial charge on any atom is -0.492 e. The predicted molar refractivity (Wildman–Crippen MR) is 85.0 cm³/mol. The number of nitriles is 1. The Labute approximate surface area is 131 Å². The third-order valence-electron chi connectivity index (χ3n) is 2.76. The van der Waals surface area contributed by atoms with Gasteiger partial charge in [0.05, 0.1) is 15.4 Å². The van der Waals surface area contributed by atoms with E-state index in [9.17, 15) is 0 Å². The van der Waals surface area contributed by atoms with Gasteiger partial charge in [-0.3, -0.25) is 4.90 Å². The molecular weight excluding hydrogens is 336 g/mol. The number of nitrogens with zero attached hydrogens (tertiary/aromatic N) is 2. The molecule has 1 aromatic carbocycles. The van der Waals surface area contributed by atoms with Crippen molar-refractivity contribution in [3.63, 3.8) is 0 Å². The molecule has 1 heterocycles. The molecule has 0 atom stereocenters. The largest absolute Gasteiger partial charge is 0.492 e. The van der Waals surface area contributed by atoms with E-state index in [1.54, 1.807) is 23.5 Å². The molecule has 0 N–H and O–H groups in total. The summed E-state index contributed by atoms with van der Waals surface area (Å²) in [6.07, 6.45) is 0. The number of thiophene rings is 1. The van der Waals surface area contributed by atoms with Gasteiger partial charge in [0.25, 0.3) is 0 Å². The molecule has 0 radical (unpaired) electrons. The SMILES string of the molecule is CN(CCOc1cccc(C#N)c1)Cc1ccc(Br)s1. The van der Waals surface area contributed by atoms with Gasteiger partial charge >= 0.3 is 0 Å². The van der Waals surface area contributed by atoms with E-state index in [1.807, 2.05) is 12.1 Å². The average Bonchev–Trinajstić information content (AvgIpc) is 2.84. The molecule has 5 heteroatoms. The van der Waals surface area contributed by atoms with Gasteiger partial charge in [0.15, 0.2) is 0 Å². The van der Waals surface area contributed by atoms with Crippen LogP contribution in [0.1, 0.15) is 10.4 Å². The van der Waals surface area contributed by atoms with Crippen LogP contribution in [-0.4, -0.2) is 25.1 Å². The molecule has 104 valence electrons. The molecule has 20 heavy (non-hydrogen) atoms. The Morgan fingerprint density at radius 2 is 2.20 bits per heavy atom. The fourth-order valence-electron chi connectivity index (χ4n) is 1.76. The zero-order valence-corrected chi connectivity index (χ0v) is 13.6. The van der Waals surface area contributed by atoms with Crippen LogP contribution in [0, 0.1) is 11.3 Å². The van der Waals surface area contributed by atoms with Gasteiger partial charge in [0.2, 0.25) is 0 Å². The summed E-state index contributed by atoms with van der Waals surface area (Å²) >= 11 is 5.22. The van der Waals surface area contributed by atoms with Crippen LogP contribution in [0.4, 0.5) is 0 Å². The summed E-state index contributed by atoms with van der Waals surface area (Å²) in [6, 6.07) is 13.5. The van der Waals surface area contributed by atoms with E-state index in [-0.39, 0.29) is 0 Å². The number of hydrogen-bond donors (Lipinski definition) is 0. The molecule has 0 amide bonds. The lowest BCUT2D eigenvalue weighted by Gasteiger charge is -2.16. The summed E-state index contributed by atoms with van der Waals surface area (Å²) in [7, 11) is 2.07. The third kappa shape index (κ3) is 4.64. The fraction of sp³-hybridized carbons (Fsp3) is 0.267. The minimum absolute atomic E-state index is 0.609. The van der Waals surface area contributed by atoms with Crippen molar-refractivity contribution in [3.05, 3.63) is 50.6 Å². The second-order valence-corrected chi connectivity index (χ2v) is 6.98. The van der Waals surface area contributed by atoms with Gasteiger partial charge in [-0.1, -0.05) is 6.07 Å². The highest BCUT2D eigenvalue weighted by molar-refractivity contribution is 9.11. The van der Waals surface area contributed by atoms with E-state index >= 15 is 0 Å². The lowest BCUT2D eigenvalue weighted by molar-refractivity contribution is 0.234. The highest BCUT2D eigenvalue weighted by Crippen LogP contribution is 2.22. The van der Waals surface area contributed by atoms with Crippen LogP contribution in [0.5, 0.6) is 5.75 Å². The standard InChI is InChI=1S/C15H15BrN2OS/c1-18(11-14-5-6-15(16)20-14)7-8-19-13-4-2-3-12(9-13)10-17/h2-6,9H,7-8,11H2,1H3. The molecular formula is C15H15BrN2OS. The molecule has 0 aliphatic carbocycles. The molecule has 1 aromatic heterocycles. The number of rotatable bonds is 6. The summed E-state index contributed by atoms with van der Waals surface area (Å²) in [4.78, 5) is 3.54. The summed E-state index contributed by atoms with van der Waals surface area (Å²) in [6.45, 7) is 2.36. The molecule has 2 rings (SSSR count). The van der Waals surface area contributed by atoms with E-state index in [0.717, 1.165) is 22.6 Å². The second kappa shape index (κ2) is 7.44. The van der Waals surface area contributed by atoms with Crippen LogP contribution >= 0.6 is 27.3 Å². The topological polar surface area (TPSA) is 36.3 Å². The first kappa shape index (κ1) is 15.0. The Balaban J connectivity index is 1.76. The molecule has 0 bridgehead atoms. The van der Waals surface area contributed by atoms with Crippen molar-refractivity contribution in [2.24, 2.45) is 0 Å². The molecule has 0 aliphatic rings. The highest BCUT2D eigenvalue weighted by atomic mass is 79.9. The van der Waals surface area contributed by atoms with E-state index in [0.29, 0.717) is 12.2 Å². The van der Waals surface area contributed by atoms with Crippen molar-refractivity contribution in [1.29, 1.82) is 5.26 Å². The monoisotopic (exact) mass is 350 g/mol. The average molecular weight is 351 g/mol. The zero-order valence-electron chi connectivity index (χ0n) is 11.2. The summed E-state index contributed by atoms with van der Waals surface area (Å²) < 4.78 is 6.82. The Bertz CT molecular complexity index is 606. The van der Waals surface area contributed by atoms with Crippen molar-refractivity contribution < 1.29 is 4.74 Å². The maximum Gasteiger partial charge on any atom is 0.120 e. The smallest absolute Gasteiger partial charge is 0.120 e. The van der Waals surface area contributed by atoms with Crippen molar-refractivity contribution >= 4 is 27.3 Å². The normalized spacial score (nSPS) is 10.5. The zero-order chi connectivity index (χ0) is 14.4. The van der Waals surface area contributed by atoms with Crippen LogP contribution in [0.2, 0.25) is 0 Å². The van der Waals surface area contributed by atoms with Crippen molar-refractivity contribution in [1.82, 2.24) is 4.90 Å². The predicted octanol–water partition coefficient (Wildman–Crippen LogP) is 3.89. The van der Waals surface area contributed by atoms with Crippen LogP contribution in [-0.2, 0) is 6.54 Å². The third-order valence-corrected chi connectivity index (χ3v) is 4.37. The first-order valence-electron chi connectivity index (χ1n) is 6.23. The molecule has 2 aromatic rings. The first-order chi connectivity index (χ1) is 9.67. The number of ether oxygens (including phenoxy) is 1. The molecule has 0 unspecified atom stereocenters. The Hall–Kier alpha value is -1.35. The van der Waals surface area contributed by atoms with E-state index in [4.69, 9.17) is 10.00 Å². The molecule has 0 spiro atoms. The summed E-state index contributed by atoms with van der Waals surface area (Å²) in [5, 5.41) is 8.83. The van der Waals surface area contributed by atoms with Crippen LogP contribution in [0.3, 0.4) is 0 Å². The van der Waals surface area contributed by atoms with E-state index in [1.165, 1.54) is 4.88 Å². The quantitative estimate of drug-likeness (QED) is 0.792. The van der Waals surface area contributed by atoms with Gasteiger partial charge in [-0.15, -0.1) is 11.3 Å². The highest BCUT2D eigenvalue weighted by Gasteiger charge is 2.03. The fourth-order valence-corrected chi connectivity index (χ4v) is 3.32. The Morgan fingerprint density at radius 3 is 2.90 bits per heavy atom. The van der Waals surface area contributed by atoms with Crippen LogP contribution < -0.4 is 4.74 Å². The molecule has 0 aliphatic heterocycles. The van der Waals surface area contributed by atoms with Gasteiger partial charge in [-0.2, -0.15) is 5.26 Å². The lowest BCUT2D eigenvalue weighted by atomic mass is 10.2. The number of hydrogen-bond acceptors (Lipinski definition) is 4. The van der Waals surface area contributed by atoms with Crippen LogP contribution in [0.25, 0.3) is 0 Å². The Morgan fingerprint density at radius 1 is 1.35 bits per heavy atom. The van der Waals surface area contributed by atoms with Gasteiger partial charge in [0, 0.05) is 18.0 Å². The van der Waals surface area contributed by atoms with Crippen molar-refractivity contribution in [2.45, 2.75) is 6.54 Å². The summed E-state index contributed by atoms with van der Waals surface area (Å²) in [5.74, 6) is 0.747. The minimum atomic E-state index is 0.609. The first-order valence-corrected chi connectivity index (χ1v) is 7.84. The number of likely N-dealkylation sites (N-methyl/N-ethyl adjacent to an activating group) is 1. The molecule has 3 nitrogen and oxygen atoms in total. The number of halogens is 1. The maximum atomic E-state index is 8.83. The second-order valence-electron chi connectivity index (χ2n) is 4.43. The molecule has 0 saturated carbocycles. The molecule has 0 saturated heterocycles. The van der Waals surface area contributed by atoms with Gasteiger partial charge in [-0.05, 0) is 53.3 Å². The van der Waals surface area contributed by atoms with E-state index < -0.39 is 0 Å². The van der Waals surface area contributed by atoms with Crippen LogP contribution in [0.15, 0.2) is 40.2 Å². The molecule has 0 fully saturated rings. The van der Waals surface area contributed by atoms with Crippen molar-refractivity contribution in [3.8, 4) is 11.8 Å². The summed E-state index contributed by atoms with van der Waals surface area (Å²) in [5.41, 5.74) is 0.624.